The van der Waals surface area contributed by atoms with E-state index < -0.39 is 12.0 Å². The Bertz CT molecular complexity index is 511. The molecule has 0 spiro atoms. The zero-order chi connectivity index (χ0) is 14.3. The van der Waals surface area contributed by atoms with Crippen molar-refractivity contribution in [3.05, 3.63) is 11.6 Å². The van der Waals surface area contributed by atoms with Crippen molar-refractivity contribution in [3.8, 4) is 0 Å². The first kappa shape index (κ1) is 13.5. The molecular formula is C14H22N4O2. The molecule has 2 aliphatic heterocycles. The molecule has 0 aliphatic carbocycles. The predicted molar refractivity (Wildman–Crippen MR) is 73.7 cm³/mol. The van der Waals surface area contributed by atoms with Crippen LogP contribution in [0.15, 0.2) is 0 Å². The summed E-state index contributed by atoms with van der Waals surface area (Å²) in [6.07, 6.45) is 3.46. The molecule has 0 amide bonds. The normalized spacial score (nSPS) is 26.9. The summed E-state index contributed by atoms with van der Waals surface area (Å²) in [6.45, 7) is 6.47. The van der Waals surface area contributed by atoms with Crippen molar-refractivity contribution in [2.45, 2.75) is 57.5 Å². The van der Waals surface area contributed by atoms with Crippen LogP contribution < -0.4 is 0 Å². The van der Waals surface area contributed by atoms with Gasteiger partial charge in [0.25, 0.3) is 0 Å². The van der Waals surface area contributed by atoms with Gasteiger partial charge in [0, 0.05) is 24.9 Å². The summed E-state index contributed by atoms with van der Waals surface area (Å²) in [5.41, 5.74) is 0. The van der Waals surface area contributed by atoms with Crippen LogP contribution in [0.3, 0.4) is 0 Å². The third-order valence-corrected chi connectivity index (χ3v) is 4.49. The SMILES string of the molecule is CC(C)N1CCC(c2nc3n(n2)C(C(=O)O)CCC3)C1. The minimum Gasteiger partial charge on any atom is -0.480 e. The van der Waals surface area contributed by atoms with Gasteiger partial charge in [0.15, 0.2) is 11.9 Å². The fourth-order valence-corrected chi connectivity index (χ4v) is 3.24. The maximum Gasteiger partial charge on any atom is 0.328 e. The van der Waals surface area contributed by atoms with Crippen LogP contribution >= 0.6 is 0 Å². The molecule has 0 saturated carbocycles. The molecule has 2 atom stereocenters. The molecule has 0 bridgehead atoms. The van der Waals surface area contributed by atoms with E-state index in [9.17, 15) is 9.90 Å². The minimum atomic E-state index is -0.794. The molecule has 1 fully saturated rings. The number of hydrogen-bond donors (Lipinski definition) is 1. The maximum atomic E-state index is 11.3. The van der Waals surface area contributed by atoms with E-state index in [0.717, 1.165) is 44.0 Å². The standard InChI is InChI=1S/C14H22N4O2/c1-9(2)17-7-6-10(8-17)13-15-12-5-3-4-11(14(19)20)18(12)16-13/h9-11H,3-8H2,1-2H3,(H,19,20). The van der Waals surface area contributed by atoms with Gasteiger partial charge in [-0.3, -0.25) is 0 Å². The highest BCUT2D eigenvalue weighted by molar-refractivity contribution is 5.71. The summed E-state index contributed by atoms with van der Waals surface area (Å²) in [5.74, 6) is 1.25. The van der Waals surface area contributed by atoms with Crippen molar-refractivity contribution in [2.75, 3.05) is 13.1 Å². The quantitative estimate of drug-likeness (QED) is 0.906. The fraction of sp³-hybridized carbons (Fsp3) is 0.786. The third kappa shape index (κ3) is 2.32. The Kier molecular flexibility index (Phi) is 3.50. The van der Waals surface area contributed by atoms with Crippen molar-refractivity contribution in [1.82, 2.24) is 19.7 Å². The average molecular weight is 278 g/mol. The van der Waals surface area contributed by atoms with Crippen LogP contribution in [-0.4, -0.2) is 49.9 Å². The number of aromatic nitrogens is 3. The van der Waals surface area contributed by atoms with E-state index in [1.165, 1.54) is 0 Å². The highest BCUT2D eigenvalue weighted by Gasteiger charge is 2.33. The van der Waals surface area contributed by atoms with E-state index in [2.05, 4.69) is 28.8 Å². The number of likely N-dealkylation sites (tertiary alicyclic amines) is 1. The van der Waals surface area contributed by atoms with Gasteiger partial charge in [-0.1, -0.05) is 0 Å². The lowest BCUT2D eigenvalue weighted by Crippen LogP contribution is -2.28. The lowest BCUT2D eigenvalue weighted by Gasteiger charge is -2.19. The van der Waals surface area contributed by atoms with E-state index in [1.807, 2.05) is 0 Å². The molecule has 2 aliphatic rings. The molecule has 1 saturated heterocycles. The number of hydrogen-bond acceptors (Lipinski definition) is 4. The van der Waals surface area contributed by atoms with Crippen LogP contribution in [0.2, 0.25) is 0 Å². The molecule has 1 aromatic rings. The summed E-state index contributed by atoms with van der Waals surface area (Å²) in [7, 11) is 0. The summed E-state index contributed by atoms with van der Waals surface area (Å²) in [4.78, 5) is 18.3. The van der Waals surface area contributed by atoms with Crippen molar-refractivity contribution >= 4 is 5.97 Å². The molecule has 1 N–H and O–H groups in total. The van der Waals surface area contributed by atoms with E-state index in [4.69, 9.17) is 0 Å². The molecule has 0 radical (unpaired) electrons. The monoisotopic (exact) mass is 278 g/mol. The molecular weight excluding hydrogens is 256 g/mol. The van der Waals surface area contributed by atoms with Gasteiger partial charge in [0.05, 0.1) is 0 Å². The first-order valence-electron chi connectivity index (χ1n) is 7.48. The van der Waals surface area contributed by atoms with Gasteiger partial charge >= 0.3 is 5.97 Å². The third-order valence-electron chi connectivity index (χ3n) is 4.49. The van der Waals surface area contributed by atoms with Gasteiger partial charge in [-0.25, -0.2) is 14.5 Å². The Morgan fingerprint density at radius 1 is 1.40 bits per heavy atom. The smallest absolute Gasteiger partial charge is 0.328 e. The van der Waals surface area contributed by atoms with Gasteiger partial charge in [-0.15, -0.1) is 0 Å². The van der Waals surface area contributed by atoms with Gasteiger partial charge in [-0.2, -0.15) is 5.10 Å². The van der Waals surface area contributed by atoms with Crippen LogP contribution in [0.1, 0.15) is 56.7 Å². The van der Waals surface area contributed by atoms with Gasteiger partial charge in [0.1, 0.15) is 5.82 Å². The Morgan fingerprint density at radius 3 is 2.85 bits per heavy atom. The summed E-state index contributed by atoms with van der Waals surface area (Å²) >= 11 is 0. The van der Waals surface area contributed by atoms with Crippen LogP contribution in [0, 0.1) is 0 Å². The number of fused-ring (bicyclic) bond motifs is 1. The summed E-state index contributed by atoms with van der Waals surface area (Å²) in [6, 6.07) is 0.0200. The number of rotatable bonds is 3. The molecule has 6 nitrogen and oxygen atoms in total. The maximum absolute atomic E-state index is 11.3. The summed E-state index contributed by atoms with van der Waals surface area (Å²) < 4.78 is 1.65. The number of carbonyl (C=O) groups is 1. The number of aliphatic carboxylic acids is 1. The molecule has 3 heterocycles. The Hall–Kier alpha value is -1.43. The molecule has 2 unspecified atom stereocenters. The second kappa shape index (κ2) is 5.16. The lowest BCUT2D eigenvalue weighted by molar-refractivity contribution is -0.141. The van der Waals surface area contributed by atoms with Crippen LogP contribution in [0.25, 0.3) is 0 Å². The largest absolute Gasteiger partial charge is 0.480 e. The molecule has 20 heavy (non-hydrogen) atoms. The second-order valence-electron chi connectivity index (χ2n) is 6.15. The molecule has 3 rings (SSSR count). The molecule has 0 aromatic carbocycles. The number of carboxylic acid groups (broad SMARTS) is 1. The van der Waals surface area contributed by atoms with E-state index in [0.29, 0.717) is 18.4 Å². The number of aryl methyl sites for hydroxylation is 1. The highest BCUT2D eigenvalue weighted by atomic mass is 16.4. The predicted octanol–water partition coefficient (Wildman–Crippen LogP) is 1.44. The second-order valence-corrected chi connectivity index (χ2v) is 6.15. The number of carboxylic acids is 1. The highest BCUT2D eigenvalue weighted by Crippen LogP contribution is 2.29. The van der Waals surface area contributed by atoms with Crippen LogP contribution in [0.4, 0.5) is 0 Å². The molecule has 1 aromatic heterocycles. The van der Waals surface area contributed by atoms with Crippen molar-refractivity contribution < 1.29 is 9.90 Å². The van der Waals surface area contributed by atoms with E-state index in [1.54, 1.807) is 4.68 Å². The van der Waals surface area contributed by atoms with Crippen LogP contribution in [0.5, 0.6) is 0 Å². The summed E-state index contributed by atoms with van der Waals surface area (Å²) in [5, 5.41) is 13.8. The van der Waals surface area contributed by atoms with E-state index >= 15 is 0 Å². The Balaban J connectivity index is 1.81. The van der Waals surface area contributed by atoms with Crippen LogP contribution in [-0.2, 0) is 11.2 Å². The zero-order valence-corrected chi connectivity index (χ0v) is 12.1. The van der Waals surface area contributed by atoms with Gasteiger partial charge in [0.2, 0.25) is 0 Å². The van der Waals surface area contributed by atoms with Crippen molar-refractivity contribution in [3.63, 3.8) is 0 Å². The Labute approximate surface area is 118 Å². The molecule has 6 heteroatoms. The average Bonchev–Trinajstić information content (AvgIpc) is 3.04. The topological polar surface area (TPSA) is 71.2 Å². The minimum absolute atomic E-state index is 0.352. The fourth-order valence-electron chi connectivity index (χ4n) is 3.24. The lowest BCUT2D eigenvalue weighted by atomic mass is 10.1. The molecule has 110 valence electrons. The zero-order valence-electron chi connectivity index (χ0n) is 12.1. The van der Waals surface area contributed by atoms with Gasteiger partial charge < -0.3 is 10.0 Å². The van der Waals surface area contributed by atoms with Crippen molar-refractivity contribution in [1.29, 1.82) is 0 Å². The number of nitrogens with zero attached hydrogens (tertiary/aromatic N) is 4. The first-order chi connectivity index (χ1) is 9.56. The van der Waals surface area contributed by atoms with E-state index in [-0.39, 0.29) is 0 Å². The van der Waals surface area contributed by atoms with Gasteiger partial charge in [-0.05, 0) is 39.7 Å². The van der Waals surface area contributed by atoms with Crippen molar-refractivity contribution in [2.24, 2.45) is 0 Å². The first-order valence-corrected chi connectivity index (χ1v) is 7.48. The Morgan fingerprint density at radius 2 is 2.20 bits per heavy atom.